The van der Waals surface area contributed by atoms with Gasteiger partial charge >= 0.3 is 0 Å². The van der Waals surface area contributed by atoms with Gasteiger partial charge in [-0.2, -0.15) is 0 Å². The molecule has 0 aliphatic heterocycles. The minimum Gasteiger partial charge on any atom is -0.351 e. The molecule has 1 heterocycles. The van der Waals surface area contributed by atoms with Crippen LogP contribution in [0.2, 0.25) is 0 Å². The summed E-state index contributed by atoms with van der Waals surface area (Å²) in [7, 11) is -3.98. The number of amides is 1. The molecule has 30 heavy (non-hydrogen) atoms. The standard InChI is InChI=1S/C21H21N3O4S2/c1-2-15-8-10-17(11-9-15)30(27,28)18-13-23-21(24-20(18)26)29-14-19(25)22-12-16-6-4-3-5-7-16/h3-11,13H,2,12,14H2,1H3,(H,22,25)(H,23,24,26). The van der Waals surface area contributed by atoms with E-state index in [1.807, 2.05) is 37.3 Å². The van der Waals surface area contributed by atoms with E-state index in [4.69, 9.17) is 0 Å². The Morgan fingerprint density at radius 1 is 1.07 bits per heavy atom. The maximum Gasteiger partial charge on any atom is 0.270 e. The van der Waals surface area contributed by atoms with Gasteiger partial charge in [0.1, 0.15) is 0 Å². The molecular weight excluding hydrogens is 422 g/mol. The Labute approximate surface area is 178 Å². The molecule has 3 aromatic rings. The number of nitrogens with zero attached hydrogens (tertiary/aromatic N) is 1. The van der Waals surface area contributed by atoms with Crippen LogP contribution in [-0.4, -0.2) is 30.0 Å². The lowest BCUT2D eigenvalue weighted by Gasteiger charge is -2.07. The van der Waals surface area contributed by atoms with Crippen molar-refractivity contribution < 1.29 is 13.2 Å². The van der Waals surface area contributed by atoms with Gasteiger partial charge in [-0.05, 0) is 29.7 Å². The molecule has 2 N–H and O–H groups in total. The van der Waals surface area contributed by atoms with E-state index in [1.54, 1.807) is 12.1 Å². The molecule has 0 saturated heterocycles. The van der Waals surface area contributed by atoms with Crippen LogP contribution in [0.1, 0.15) is 18.1 Å². The average molecular weight is 444 g/mol. The van der Waals surface area contributed by atoms with Crippen LogP contribution in [0, 0.1) is 0 Å². The van der Waals surface area contributed by atoms with Crippen molar-refractivity contribution in [3.63, 3.8) is 0 Å². The molecule has 0 bridgehead atoms. The number of benzene rings is 2. The second-order valence-corrected chi connectivity index (χ2v) is 9.32. The largest absolute Gasteiger partial charge is 0.351 e. The molecule has 0 atom stereocenters. The van der Waals surface area contributed by atoms with Crippen molar-refractivity contribution in [2.24, 2.45) is 0 Å². The van der Waals surface area contributed by atoms with E-state index < -0.39 is 20.3 Å². The molecule has 3 rings (SSSR count). The van der Waals surface area contributed by atoms with Crippen molar-refractivity contribution in [1.29, 1.82) is 0 Å². The molecule has 0 fully saturated rings. The molecule has 0 unspecified atom stereocenters. The van der Waals surface area contributed by atoms with Crippen molar-refractivity contribution >= 4 is 27.5 Å². The Bertz CT molecular complexity index is 1170. The predicted octanol–water partition coefficient (Wildman–Crippen LogP) is 2.57. The molecule has 156 valence electrons. The first-order chi connectivity index (χ1) is 14.4. The van der Waals surface area contributed by atoms with Crippen LogP contribution in [0.4, 0.5) is 0 Å². The number of hydrogen-bond acceptors (Lipinski definition) is 6. The summed E-state index contributed by atoms with van der Waals surface area (Å²) in [5.74, 6) is -0.181. The number of hydrogen-bond donors (Lipinski definition) is 2. The SMILES string of the molecule is CCc1ccc(S(=O)(=O)c2cnc(SCC(=O)NCc3ccccc3)[nH]c2=O)cc1. The number of rotatable bonds is 8. The molecule has 0 spiro atoms. The van der Waals surface area contributed by atoms with Gasteiger partial charge in [-0.3, -0.25) is 9.59 Å². The summed E-state index contributed by atoms with van der Waals surface area (Å²) in [6.45, 7) is 2.37. The Hall–Kier alpha value is -2.91. The quantitative estimate of drug-likeness (QED) is 0.409. The van der Waals surface area contributed by atoms with E-state index in [0.29, 0.717) is 6.54 Å². The topological polar surface area (TPSA) is 109 Å². The zero-order valence-electron chi connectivity index (χ0n) is 16.3. The third-order valence-electron chi connectivity index (χ3n) is 4.35. The summed E-state index contributed by atoms with van der Waals surface area (Å²) in [5, 5.41) is 2.95. The maximum absolute atomic E-state index is 12.7. The summed E-state index contributed by atoms with van der Waals surface area (Å²) in [6, 6.07) is 15.9. The average Bonchev–Trinajstić information content (AvgIpc) is 2.77. The highest BCUT2D eigenvalue weighted by Gasteiger charge is 2.22. The summed E-state index contributed by atoms with van der Waals surface area (Å²) in [4.78, 5) is 30.4. The molecule has 2 aromatic carbocycles. The molecule has 9 heteroatoms. The molecule has 1 aromatic heterocycles. The molecular formula is C21H21N3O4S2. The maximum atomic E-state index is 12.7. The number of sulfone groups is 1. The number of aromatic amines is 1. The summed E-state index contributed by atoms with van der Waals surface area (Å²) in [6.07, 6.45) is 1.82. The lowest BCUT2D eigenvalue weighted by atomic mass is 10.2. The second kappa shape index (κ2) is 9.73. The van der Waals surface area contributed by atoms with Gasteiger partial charge in [0.15, 0.2) is 10.1 Å². The van der Waals surface area contributed by atoms with Gasteiger partial charge in [-0.15, -0.1) is 0 Å². The number of aryl methyl sites for hydroxylation is 1. The van der Waals surface area contributed by atoms with E-state index in [9.17, 15) is 18.0 Å². The molecule has 0 saturated carbocycles. The van der Waals surface area contributed by atoms with E-state index in [2.05, 4.69) is 15.3 Å². The highest BCUT2D eigenvalue weighted by atomic mass is 32.2. The highest BCUT2D eigenvalue weighted by molar-refractivity contribution is 7.99. The first-order valence-electron chi connectivity index (χ1n) is 9.27. The minimum atomic E-state index is -3.98. The van der Waals surface area contributed by atoms with Gasteiger partial charge in [0.05, 0.1) is 16.8 Å². The first kappa shape index (κ1) is 21.8. The fourth-order valence-corrected chi connectivity index (χ4v) is 4.54. The van der Waals surface area contributed by atoms with Crippen LogP contribution in [0.3, 0.4) is 0 Å². The molecule has 0 aliphatic rings. The van der Waals surface area contributed by atoms with Crippen molar-refractivity contribution in [3.8, 4) is 0 Å². The minimum absolute atomic E-state index is 0.0349. The van der Waals surface area contributed by atoms with E-state index in [0.717, 1.165) is 35.5 Å². The number of H-pyrrole nitrogens is 1. The zero-order chi connectivity index (χ0) is 21.6. The van der Waals surface area contributed by atoms with Crippen molar-refractivity contribution in [2.45, 2.75) is 34.8 Å². The van der Waals surface area contributed by atoms with Gasteiger partial charge in [-0.1, -0.05) is 61.2 Å². The Morgan fingerprint density at radius 2 is 1.77 bits per heavy atom. The lowest BCUT2D eigenvalue weighted by Crippen LogP contribution is -2.25. The second-order valence-electron chi connectivity index (χ2n) is 6.43. The number of nitrogens with one attached hydrogen (secondary N) is 2. The van der Waals surface area contributed by atoms with Crippen molar-refractivity contribution in [3.05, 3.63) is 82.3 Å². The van der Waals surface area contributed by atoms with Gasteiger partial charge in [0, 0.05) is 6.54 Å². The van der Waals surface area contributed by atoms with Crippen LogP contribution < -0.4 is 10.9 Å². The van der Waals surface area contributed by atoms with Gasteiger partial charge in [0.2, 0.25) is 15.7 Å². The van der Waals surface area contributed by atoms with E-state index >= 15 is 0 Å². The van der Waals surface area contributed by atoms with Crippen molar-refractivity contribution in [2.75, 3.05) is 5.75 Å². The van der Waals surface area contributed by atoms with Crippen molar-refractivity contribution in [1.82, 2.24) is 15.3 Å². The fourth-order valence-electron chi connectivity index (χ4n) is 2.64. The van der Waals surface area contributed by atoms with Crippen LogP contribution >= 0.6 is 11.8 Å². The normalized spacial score (nSPS) is 11.2. The molecule has 0 radical (unpaired) electrons. The molecule has 7 nitrogen and oxygen atoms in total. The van der Waals surface area contributed by atoms with E-state index in [1.165, 1.54) is 12.1 Å². The van der Waals surface area contributed by atoms with E-state index in [-0.39, 0.29) is 21.7 Å². The summed E-state index contributed by atoms with van der Waals surface area (Å²) in [5.41, 5.74) is 1.21. The number of carbonyl (C=O) groups excluding carboxylic acids is 1. The predicted molar refractivity (Wildman–Crippen MR) is 115 cm³/mol. The van der Waals surface area contributed by atoms with Crippen LogP contribution in [-0.2, 0) is 27.6 Å². The van der Waals surface area contributed by atoms with Crippen LogP contribution in [0.5, 0.6) is 0 Å². The Balaban J connectivity index is 1.64. The van der Waals surface area contributed by atoms with Crippen LogP contribution in [0.25, 0.3) is 0 Å². The van der Waals surface area contributed by atoms with Gasteiger partial charge in [0.25, 0.3) is 5.56 Å². The smallest absolute Gasteiger partial charge is 0.270 e. The zero-order valence-corrected chi connectivity index (χ0v) is 17.9. The Kier molecular flexibility index (Phi) is 7.07. The molecule has 1 amide bonds. The number of carbonyl (C=O) groups is 1. The lowest BCUT2D eigenvalue weighted by molar-refractivity contribution is -0.118. The summed E-state index contributed by atoms with van der Waals surface area (Å²) < 4.78 is 25.4. The Morgan fingerprint density at radius 3 is 2.40 bits per heavy atom. The molecule has 0 aliphatic carbocycles. The number of aromatic nitrogens is 2. The first-order valence-corrected chi connectivity index (χ1v) is 11.7. The fraction of sp³-hybridized carbons (Fsp3) is 0.190. The van der Waals surface area contributed by atoms with Gasteiger partial charge < -0.3 is 10.3 Å². The number of thioether (sulfide) groups is 1. The third-order valence-corrected chi connectivity index (χ3v) is 7.00. The third kappa shape index (κ3) is 5.37. The highest BCUT2D eigenvalue weighted by Crippen LogP contribution is 2.19. The monoisotopic (exact) mass is 443 g/mol. The summed E-state index contributed by atoms with van der Waals surface area (Å²) >= 11 is 1.02. The van der Waals surface area contributed by atoms with Gasteiger partial charge in [-0.25, -0.2) is 13.4 Å². The van der Waals surface area contributed by atoms with Crippen LogP contribution in [0.15, 0.2) is 80.5 Å².